The maximum absolute atomic E-state index is 12.8. The molecule has 0 unspecified atom stereocenters. The molecule has 0 bridgehead atoms. The van der Waals surface area contributed by atoms with Gasteiger partial charge in [-0.05, 0) is 53.3 Å². The van der Waals surface area contributed by atoms with Crippen LogP contribution in [-0.4, -0.2) is 54.9 Å². The van der Waals surface area contributed by atoms with E-state index in [1.807, 2.05) is 46.2 Å². The Labute approximate surface area is 195 Å². The van der Waals surface area contributed by atoms with Gasteiger partial charge in [-0.1, -0.05) is 54.6 Å². The maximum atomic E-state index is 12.8. The smallest absolute Gasteiger partial charge is 0.222 e. The van der Waals surface area contributed by atoms with Crippen LogP contribution in [-0.2, 0) is 22.4 Å². The minimum absolute atomic E-state index is 0.163. The molecular formula is C28H32N2O3. The van der Waals surface area contributed by atoms with Gasteiger partial charge in [-0.25, -0.2) is 0 Å². The summed E-state index contributed by atoms with van der Waals surface area (Å²) in [6.45, 7) is 2.67. The van der Waals surface area contributed by atoms with Crippen molar-refractivity contribution in [3.8, 4) is 5.75 Å². The molecule has 1 aliphatic rings. The van der Waals surface area contributed by atoms with Crippen LogP contribution in [0.5, 0.6) is 5.75 Å². The molecule has 0 atom stereocenters. The standard InChI is InChI=1S/C28H32N2O3/c1-33-26-13-8-22(9-14-26)10-15-27(31)29-17-4-18-30(20-19-29)28(32)16-11-23-7-12-24-5-2-3-6-25(24)21-23/h2-3,5-9,12-14,21H,4,10-11,15-20H2,1H3. The molecule has 1 saturated heterocycles. The number of aryl methyl sites for hydroxylation is 2. The monoisotopic (exact) mass is 444 g/mol. The number of hydrogen-bond acceptors (Lipinski definition) is 3. The average molecular weight is 445 g/mol. The molecule has 1 aliphatic heterocycles. The Kier molecular flexibility index (Phi) is 7.61. The van der Waals surface area contributed by atoms with E-state index in [1.54, 1.807) is 7.11 Å². The molecule has 1 heterocycles. The van der Waals surface area contributed by atoms with Crippen molar-refractivity contribution in [2.45, 2.75) is 32.1 Å². The fraction of sp³-hybridized carbons (Fsp3) is 0.357. The Bertz CT molecular complexity index is 1090. The number of hydrogen-bond donors (Lipinski definition) is 0. The summed E-state index contributed by atoms with van der Waals surface area (Å²) in [5, 5.41) is 2.43. The van der Waals surface area contributed by atoms with Crippen molar-refractivity contribution >= 4 is 22.6 Å². The molecule has 0 aliphatic carbocycles. The fourth-order valence-corrected chi connectivity index (χ4v) is 4.42. The van der Waals surface area contributed by atoms with Gasteiger partial charge in [0.2, 0.25) is 11.8 Å². The van der Waals surface area contributed by atoms with Crippen molar-refractivity contribution in [2.24, 2.45) is 0 Å². The van der Waals surface area contributed by atoms with E-state index in [0.717, 1.165) is 37.2 Å². The minimum atomic E-state index is 0.163. The normalized spacial score (nSPS) is 14.2. The Hall–Kier alpha value is -3.34. The zero-order valence-corrected chi connectivity index (χ0v) is 19.3. The molecular weight excluding hydrogens is 412 g/mol. The quantitative estimate of drug-likeness (QED) is 0.540. The number of carbonyl (C=O) groups is 2. The van der Waals surface area contributed by atoms with Crippen molar-refractivity contribution < 1.29 is 14.3 Å². The highest BCUT2D eigenvalue weighted by Gasteiger charge is 2.21. The van der Waals surface area contributed by atoms with E-state index in [9.17, 15) is 9.59 Å². The molecule has 172 valence electrons. The Balaban J connectivity index is 1.24. The first-order valence-electron chi connectivity index (χ1n) is 11.8. The van der Waals surface area contributed by atoms with Gasteiger partial charge in [0.25, 0.3) is 0 Å². The molecule has 0 spiro atoms. The van der Waals surface area contributed by atoms with Crippen LogP contribution in [0.25, 0.3) is 10.8 Å². The van der Waals surface area contributed by atoms with E-state index in [4.69, 9.17) is 4.74 Å². The Morgan fingerprint density at radius 3 is 1.94 bits per heavy atom. The lowest BCUT2D eigenvalue weighted by Gasteiger charge is -2.22. The summed E-state index contributed by atoms with van der Waals surface area (Å²) in [6.07, 6.45) is 3.28. The van der Waals surface area contributed by atoms with E-state index < -0.39 is 0 Å². The fourth-order valence-electron chi connectivity index (χ4n) is 4.42. The van der Waals surface area contributed by atoms with Crippen LogP contribution < -0.4 is 4.74 Å². The van der Waals surface area contributed by atoms with Gasteiger partial charge >= 0.3 is 0 Å². The number of methoxy groups -OCH3 is 1. The van der Waals surface area contributed by atoms with Crippen LogP contribution in [0.1, 0.15) is 30.4 Å². The van der Waals surface area contributed by atoms with Gasteiger partial charge in [-0.2, -0.15) is 0 Å². The molecule has 3 aromatic rings. The number of amides is 2. The summed E-state index contributed by atoms with van der Waals surface area (Å²) < 4.78 is 5.19. The van der Waals surface area contributed by atoms with Crippen molar-refractivity contribution in [1.29, 1.82) is 0 Å². The molecule has 0 radical (unpaired) electrons. The molecule has 0 saturated carbocycles. The first-order valence-corrected chi connectivity index (χ1v) is 11.8. The first-order chi connectivity index (χ1) is 16.1. The topological polar surface area (TPSA) is 49.9 Å². The number of carbonyl (C=O) groups excluding carboxylic acids is 2. The molecule has 3 aromatic carbocycles. The SMILES string of the molecule is COc1ccc(CCC(=O)N2CCCN(C(=O)CCc3ccc4ccccc4c3)CC2)cc1. The van der Waals surface area contributed by atoms with Gasteiger partial charge in [-0.3, -0.25) is 9.59 Å². The highest BCUT2D eigenvalue weighted by molar-refractivity contribution is 5.83. The molecule has 5 heteroatoms. The number of rotatable bonds is 7. The van der Waals surface area contributed by atoms with E-state index >= 15 is 0 Å². The molecule has 5 nitrogen and oxygen atoms in total. The number of fused-ring (bicyclic) bond motifs is 1. The van der Waals surface area contributed by atoms with Crippen LogP contribution in [0, 0.1) is 0 Å². The van der Waals surface area contributed by atoms with Gasteiger partial charge in [0.1, 0.15) is 5.75 Å². The lowest BCUT2D eigenvalue weighted by molar-refractivity contribution is -0.133. The Morgan fingerprint density at radius 2 is 1.30 bits per heavy atom. The predicted molar refractivity (Wildman–Crippen MR) is 131 cm³/mol. The molecule has 33 heavy (non-hydrogen) atoms. The van der Waals surface area contributed by atoms with E-state index in [-0.39, 0.29) is 11.8 Å². The summed E-state index contributed by atoms with van der Waals surface area (Å²) in [5.41, 5.74) is 2.32. The van der Waals surface area contributed by atoms with Gasteiger partial charge in [-0.15, -0.1) is 0 Å². The number of benzene rings is 3. The molecule has 4 rings (SSSR count). The second kappa shape index (κ2) is 11.0. The summed E-state index contributed by atoms with van der Waals surface area (Å²) in [4.78, 5) is 29.4. The number of nitrogens with zero attached hydrogens (tertiary/aromatic N) is 2. The van der Waals surface area contributed by atoms with Gasteiger partial charge in [0, 0.05) is 39.0 Å². The van der Waals surface area contributed by atoms with Crippen molar-refractivity contribution in [3.05, 3.63) is 77.9 Å². The van der Waals surface area contributed by atoms with Gasteiger partial charge in [0.15, 0.2) is 0 Å². The van der Waals surface area contributed by atoms with E-state index in [2.05, 4.69) is 30.3 Å². The minimum Gasteiger partial charge on any atom is -0.497 e. The van der Waals surface area contributed by atoms with Crippen LogP contribution in [0.2, 0.25) is 0 Å². The highest BCUT2D eigenvalue weighted by Crippen LogP contribution is 2.18. The highest BCUT2D eigenvalue weighted by atomic mass is 16.5. The van der Waals surface area contributed by atoms with E-state index in [0.29, 0.717) is 32.4 Å². The zero-order valence-electron chi connectivity index (χ0n) is 19.3. The first kappa shape index (κ1) is 22.8. The molecule has 0 aromatic heterocycles. The molecule has 1 fully saturated rings. The lowest BCUT2D eigenvalue weighted by atomic mass is 10.0. The van der Waals surface area contributed by atoms with Crippen molar-refractivity contribution in [1.82, 2.24) is 9.80 Å². The molecule has 0 N–H and O–H groups in total. The van der Waals surface area contributed by atoms with Crippen molar-refractivity contribution in [2.75, 3.05) is 33.3 Å². The summed E-state index contributed by atoms with van der Waals surface area (Å²) in [7, 11) is 1.65. The Morgan fingerprint density at radius 1 is 0.727 bits per heavy atom. The predicted octanol–water partition coefficient (Wildman–Crippen LogP) is 4.47. The van der Waals surface area contributed by atoms with Crippen LogP contribution >= 0.6 is 0 Å². The summed E-state index contributed by atoms with van der Waals surface area (Å²) in [6, 6.07) is 22.6. The molecule has 2 amide bonds. The third-order valence-corrected chi connectivity index (χ3v) is 6.43. The summed E-state index contributed by atoms with van der Waals surface area (Å²) >= 11 is 0. The second-order valence-corrected chi connectivity index (χ2v) is 8.64. The van der Waals surface area contributed by atoms with Crippen LogP contribution in [0.3, 0.4) is 0 Å². The number of ether oxygens (including phenoxy) is 1. The van der Waals surface area contributed by atoms with E-state index in [1.165, 1.54) is 16.3 Å². The van der Waals surface area contributed by atoms with Gasteiger partial charge < -0.3 is 14.5 Å². The third kappa shape index (κ3) is 6.13. The lowest BCUT2D eigenvalue weighted by Crippen LogP contribution is -2.37. The van der Waals surface area contributed by atoms with Crippen LogP contribution in [0.4, 0.5) is 0 Å². The maximum Gasteiger partial charge on any atom is 0.222 e. The van der Waals surface area contributed by atoms with Crippen molar-refractivity contribution in [3.63, 3.8) is 0 Å². The van der Waals surface area contributed by atoms with Gasteiger partial charge in [0.05, 0.1) is 7.11 Å². The zero-order chi connectivity index (χ0) is 23.0. The second-order valence-electron chi connectivity index (χ2n) is 8.64. The van der Waals surface area contributed by atoms with Crippen LogP contribution in [0.15, 0.2) is 66.7 Å². The summed E-state index contributed by atoms with van der Waals surface area (Å²) in [5.74, 6) is 1.16. The third-order valence-electron chi connectivity index (χ3n) is 6.43. The average Bonchev–Trinajstić information content (AvgIpc) is 3.12. The largest absolute Gasteiger partial charge is 0.497 e.